The molecule has 5 heteroatoms. The Labute approximate surface area is 100 Å². The van der Waals surface area contributed by atoms with Gasteiger partial charge in [0.05, 0.1) is 5.56 Å². The van der Waals surface area contributed by atoms with Gasteiger partial charge < -0.3 is 15.7 Å². The highest BCUT2D eigenvalue weighted by Gasteiger charge is 2.27. The van der Waals surface area contributed by atoms with E-state index in [1.807, 2.05) is 6.92 Å². The molecule has 5 nitrogen and oxygen atoms in total. The summed E-state index contributed by atoms with van der Waals surface area (Å²) in [5, 5.41) is 10.6. The van der Waals surface area contributed by atoms with Gasteiger partial charge in [-0.3, -0.25) is 4.79 Å². The lowest BCUT2D eigenvalue weighted by Crippen LogP contribution is -2.37. The number of nitrogens with zero attached hydrogens (tertiary/aromatic N) is 1. The number of hydrogen-bond donors (Lipinski definition) is 3. The number of anilines is 1. The first-order chi connectivity index (χ1) is 8.15. The van der Waals surface area contributed by atoms with Crippen LogP contribution in [0.1, 0.15) is 38.1 Å². The summed E-state index contributed by atoms with van der Waals surface area (Å²) >= 11 is 0. The van der Waals surface area contributed by atoms with Crippen molar-refractivity contribution in [1.29, 1.82) is 5.41 Å². The number of hydrogen-bond acceptors (Lipinski definition) is 4. The van der Waals surface area contributed by atoms with Crippen LogP contribution in [0, 0.1) is 11.3 Å². The lowest BCUT2D eigenvalue weighted by molar-refractivity contribution is 0.303. The number of aromatic nitrogens is 2. The Balaban J connectivity index is 2.32. The van der Waals surface area contributed by atoms with Gasteiger partial charge in [-0.1, -0.05) is 13.8 Å². The number of aryl methyl sites for hydroxylation is 1. The predicted octanol–water partition coefficient (Wildman–Crippen LogP) is 1.54. The molecule has 2 rings (SSSR count). The van der Waals surface area contributed by atoms with E-state index in [4.69, 9.17) is 5.41 Å². The quantitative estimate of drug-likeness (QED) is 0.691. The van der Waals surface area contributed by atoms with E-state index < -0.39 is 0 Å². The minimum absolute atomic E-state index is 0.235. The number of aromatic amines is 1. The van der Waals surface area contributed by atoms with E-state index in [-0.39, 0.29) is 5.56 Å². The molecule has 2 atom stereocenters. The molecule has 1 aromatic heterocycles. The second-order valence-corrected chi connectivity index (χ2v) is 4.58. The number of rotatable bonds is 4. The van der Waals surface area contributed by atoms with Crippen LogP contribution in [0.15, 0.2) is 4.79 Å². The van der Waals surface area contributed by atoms with Gasteiger partial charge in [-0.05, 0) is 18.8 Å². The van der Waals surface area contributed by atoms with Crippen molar-refractivity contribution >= 4 is 12.0 Å². The van der Waals surface area contributed by atoms with Crippen LogP contribution < -0.4 is 10.9 Å². The van der Waals surface area contributed by atoms with Crippen molar-refractivity contribution in [2.75, 3.05) is 5.32 Å². The molecule has 0 aromatic carbocycles. The summed E-state index contributed by atoms with van der Waals surface area (Å²) in [7, 11) is 0. The Bertz CT molecular complexity index is 480. The van der Waals surface area contributed by atoms with Crippen LogP contribution in [0.2, 0.25) is 0 Å². The highest BCUT2D eigenvalue weighted by Crippen LogP contribution is 2.29. The van der Waals surface area contributed by atoms with Gasteiger partial charge in [-0.2, -0.15) is 0 Å². The van der Waals surface area contributed by atoms with Crippen molar-refractivity contribution in [3.05, 3.63) is 21.7 Å². The normalized spacial score (nSPS) is 22.9. The molecule has 17 heavy (non-hydrogen) atoms. The predicted molar refractivity (Wildman–Crippen MR) is 67.9 cm³/mol. The molecule has 0 saturated heterocycles. The summed E-state index contributed by atoms with van der Waals surface area (Å²) in [6.07, 6.45) is 4.06. The maximum atomic E-state index is 11.7. The molecular weight excluding hydrogens is 216 g/mol. The molecule has 1 aliphatic rings. The largest absolute Gasteiger partial charge is 0.366 e. The minimum atomic E-state index is -0.235. The second-order valence-electron chi connectivity index (χ2n) is 4.58. The van der Waals surface area contributed by atoms with E-state index in [1.165, 1.54) is 6.42 Å². The lowest BCUT2D eigenvalue weighted by Gasteiger charge is -2.35. The molecule has 0 radical (unpaired) electrons. The monoisotopic (exact) mass is 234 g/mol. The smallest absolute Gasteiger partial charge is 0.261 e. The summed E-state index contributed by atoms with van der Waals surface area (Å²) < 4.78 is 0. The van der Waals surface area contributed by atoms with Crippen LogP contribution in [0.3, 0.4) is 0 Å². The maximum Gasteiger partial charge on any atom is 0.261 e. The molecule has 92 valence electrons. The van der Waals surface area contributed by atoms with Gasteiger partial charge in [-0.25, -0.2) is 4.98 Å². The van der Waals surface area contributed by atoms with E-state index in [0.29, 0.717) is 35.6 Å². The van der Waals surface area contributed by atoms with E-state index in [2.05, 4.69) is 22.2 Å². The van der Waals surface area contributed by atoms with Crippen LogP contribution in [0.25, 0.3) is 0 Å². The number of nitrogens with one attached hydrogen (secondary N) is 3. The average molecular weight is 234 g/mol. The highest BCUT2D eigenvalue weighted by molar-refractivity contribution is 5.83. The van der Waals surface area contributed by atoms with Crippen LogP contribution in [0.4, 0.5) is 5.82 Å². The Hall–Kier alpha value is -1.65. The highest BCUT2D eigenvalue weighted by atomic mass is 16.1. The maximum absolute atomic E-state index is 11.7. The fourth-order valence-electron chi connectivity index (χ4n) is 2.00. The first kappa shape index (κ1) is 11.8. The van der Waals surface area contributed by atoms with Gasteiger partial charge in [0, 0.05) is 18.7 Å². The van der Waals surface area contributed by atoms with E-state index in [9.17, 15) is 4.79 Å². The zero-order valence-electron chi connectivity index (χ0n) is 10.2. The van der Waals surface area contributed by atoms with Crippen LogP contribution in [-0.4, -0.2) is 22.2 Å². The summed E-state index contributed by atoms with van der Waals surface area (Å²) in [5.41, 5.74) is 0.0858. The first-order valence-electron chi connectivity index (χ1n) is 6.06. The molecule has 0 aliphatic heterocycles. The third kappa shape index (κ3) is 2.23. The summed E-state index contributed by atoms with van der Waals surface area (Å²) in [5.74, 6) is 1.83. The van der Waals surface area contributed by atoms with E-state index in [0.717, 1.165) is 12.6 Å². The molecular formula is C12H18N4O. The van der Waals surface area contributed by atoms with Crippen LogP contribution in [-0.2, 0) is 6.42 Å². The third-order valence-corrected chi connectivity index (χ3v) is 3.43. The van der Waals surface area contributed by atoms with E-state index in [1.54, 1.807) is 0 Å². The third-order valence-electron chi connectivity index (χ3n) is 3.43. The molecule has 1 fully saturated rings. The fraction of sp³-hybridized carbons (Fsp3) is 0.583. The van der Waals surface area contributed by atoms with Gasteiger partial charge in [0.2, 0.25) is 0 Å². The Morgan fingerprint density at radius 1 is 1.59 bits per heavy atom. The van der Waals surface area contributed by atoms with Gasteiger partial charge in [0.15, 0.2) is 0 Å². The molecule has 0 amide bonds. The SMILES string of the molecule is CCc1nc(NC2CCC2C)c(C=N)c(=O)[nH]1. The molecule has 1 saturated carbocycles. The van der Waals surface area contributed by atoms with Gasteiger partial charge >= 0.3 is 0 Å². The Morgan fingerprint density at radius 3 is 2.82 bits per heavy atom. The molecule has 1 heterocycles. The van der Waals surface area contributed by atoms with Crippen LogP contribution in [0.5, 0.6) is 0 Å². The Kier molecular flexibility index (Phi) is 3.26. The van der Waals surface area contributed by atoms with Crippen molar-refractivity contribution in [3.63, 3.8) is 0 Å². The molecule has 2 unspecified atom stereocenters. The summed E-state index contributed by atoms with van der Waals surface area (Å²) in [6, 6.07) is 0.382. The molecule has 3 N–H and O–H groups in total. The van der Waals surface area contributed by atoms with E-state index >= 15 is 0 Å². The van der Waals surface area contributed by atoms with Crippen molar-refractivity contribution in [1.82, 2.24) is 9.97 Å². The first-order valence-corrected chi connectivity index (χ1v) is 6.06. The summed E-state index contributed by atoms with van der Waals surface area (Å²) in [6.45, 7) is 4.12. The Morgan fingerprint density at radius 2 is 2.35 bits per heavy atom. The molecule has 1 aromatic rings. The number of H-pyrrole nitrogens is 1. The average Bonchev–Trinajstić information content (AvgIpc) is 2.33. The van der Waals surface area contributed by atoms with Crippen molar-refractivity contribution < 1.29 is 0 Å². The summed E-state index contributed by atoms with van der Waals surface area (Å²) in [4.78, 5) is 18.8. The lowest BCUT2D eigenvalue weighted by atomic mass is 9.81. The molecule has 0 spiro atoms. The van der Waals surface area contributed by atoms with Gasteiger partial charge in [0.25, 0.3) is 5.56 Å². The van der Waals surface area contributed by atoms with Gasteiger partial charge in [-0.15, -0.1) is 0 Å². The molecule has 1 aliphatic carbocycles. The zero-order valence-corrected chi connectivity index (χ0v) is 10.2. The molecule has 0 bridgehead atoms. The van der Waals surface area contributed by atoms with Gasteiger partial charge in [0.1, 0.15) is 11.6 Å². The van der Waals surface area contributed by atoms with Crippen LogP contribution >= 0.6 is 0 Å². The van der Waals surface area contributed by atoms with Crippen molar-refractivity contribution in [2.24, 2.45) is 5.92 Å². The minimum Gasteiger partial charge on any atom is -0.366 e. The topological polar surface area (TPSA) is 81.6 Å². The van der Waals surface area contributed by atoms with Crippen molar-refractivity contribution in [2.45, 2.75) is 39.2 Å². The zero-order chi connectivity index (χ0) is 12.4. The fourth-order valence-corrected chi connectivity index (χ4v) is 2.00. The van der Waals surface area contributed by atoms with Crippen molar-refractivity contribution in [3.8, 4) is 0 Å². The second kappa shape index (κ2) is 4.69. The standard InChI is InChI=1S/C12H18N4O/c1-3-10-15-11(8(6-13)12(17)16-10)14-9-5-4-7(9)2/h6-7,9,13H,3-5H2,1-2H3,(H2,14,15,16,17).